The minimum absolute atomic E-state index is 0.602. The Balaban J connectivity index is 3.68. The molecular formula is C7H3F2N3O3. The fourth-order valence-corrected chi connectivity index (χ4v) is 1.02. The van der Waals surface area contributed by atoms with Crippen LogP contribution in [0.25, 0.3) is 0 Å². The summed E-state index contributed by atoms with van der Waals surface area (Å²) >= 11 is 0. The molecule has 0 spiro atoms. The highest BCUT2D eigenvalue weighted by Gasteiger charge is 2.29. The lowest BCUT2D eigenvalue weighted by Gasteiger charge is -2.00. The van der Waals surface area contributed by atoms with Gasteiger partial charge < -0.3 is 4.98 Å². The summed E-state index contributed by atoms with van der Waals surface area (Å²) < 4.78 is 24.7. The first-order chi connectivity index (χ1) is 6.99. The Hall–Kier alpha value is -2.30. The van der Waals surface area contributed by atoms with Crippen molar-refractivity contribution in [2.24, 2.45) is 0 Å². The first kappa shape index (κ1) is 10.8. The van der Waals surface area contributed by atoms with Crippen molar-refractivity contribution >= 4 is 5.69 Å². The number of aromatic nitrogens is 1. The monoisotopic (exact) mass is 215 g/mol. The molecule has 0 aliphatic carbocycles. The Morgan fingerprint density at radius 2 is 2.20 bits per heavy atom. The second-order valence-electron chi connectivity index (χ2n) is 2.46. The highest BCUT2D eigenvalue weighted by molar-refractivity contribution is 5.52. The van der Waals surface area contributed by atoms with E-state index < -0.39 is 33.7 Å². The van der Waals surface area contributed by atoms with Crippen molar-refractivity contribution in [1.29, 1.82) is 5.26 Å². The van der Waals surface area contributed by atoms with E-state index in [1.807, 2.05) is 4.98 Å². The van der Waals surface area contributed by atoms with E-state index in [0.717, 1.165) is 6.20 Å². The molecule has 0 fully saturated rings. The molecule has 0 bridgehead atoms. The SMILES string of the molecule is N#Cc1c[nH]c(=O)c(C(F)F)c1[N+](=O)[O-]. The Labute approximate surface area is 80.9 Å². The van der Waals surface area contributed by atoms with Crippen LogP contribution in [0.2, 0.25) is 0 Å². The number of H-pyrrole nitrogens is 1. The van der Waals surface area contributed by atoms with Crippen molar-refractivity contribution in [2.45, 2.75) is 6.43 Å². The maximum Gasteiger partial charge on any atom is 0.303 e. The number of rotatable bonds is 2. The molecule has 0 aliphatic heterocycles. The van der Waals surface area contributed by atoms with Gasteiger partial charge in [0.1, 0.15) is 11.6 Å². The van der Waals surface area contributed by atoms with Gasteiger partial charge in [0.2, 0.25) is 0 Å². The van der Waals surface area contributed by atoms with Gasteiger partial charge in [0, 0.05) is 6.20 Å². The summed E-state index contributed by atoms with van der Waals surface area (Å²) in [7, 11) is 0. The molecule has 15 heavy (non-hydrogen) atoms. The lowest BCUT2D eigenvalue weighted by atomic mass is 10.1. The molecule has 0 unspecified atom stereocenters. The van der Waals surface area contributed by atoms with Gasteiger partial charge >= 0.3 is 5.69 Å². The molecule has 1 rings (SSSR count). The molecule has 1 aromatic rings. The smallest absolute Gasteiger partial charge is 0.303 e. The Kier molecular flexibility index (Phi) is 2.75. The van der Waals surface area contributed by atoms with E-state index in [4.69, 9.17) is 5.26 Å². The van der Waals surface area contributed by atoms with E-state index >= 15 is 0 Å². The number of nitro groups is 1. The van der Waals surface area contributed by atoms with Crippen molar-refractivity contribution < 1.29 is 13.7 Å². The lowest BCUT2D eigenvalue weighted by Crippen LogP contribution is -2.16. The summed E-state index contributed by atoms with van der Waals surface area (Å²) in [5.41, 5.74) is -4.30. The van der Waals surface area contributed by atoms with E-state index in [0.29, 0.717) is 0 Å². The Morgan fingerprint density at radius 3 is 2.60 bits per heavy atom. The van der Waals surface area contributed by atoms with Crippen LogP contribution in [0.3, 0.4) is 0 Å². The second kappa shape index (κ2) is 3.83. The van der Waals surface area contributed by atoms with Crippen molar-refractivity contribution in [2.75, 3.05) is 0 Å². The third-order valence-corrected chi connectivity index (χ3v) is 1.62. The van der Waals surface area contributed by atoms with Crippen LogP contribution in [0.1, 0.15) is 17.6 Å². The summed E-state index contributed by atoms with van der Waals surface area (Å²) in [5.74, 6) is 0. The molecule has 0 saturated heterocycles. The van der Waals surface area contributed by atoms with Crippen molar-refractivity contribution in [3.63, 3.8) is 0 Å². The first-order valence-corrected chi connectivity index (χ1v) is 3.57. The quantitative estimate of drug-likeness (QED) is 0.589. The standard InChI is InChI=1S/C7H3F2N3O3/c8-6(9)4-5(12(14)15)3(1-10)2-11-7(4)13/h2,6H,(H,11,13). The zero-order valence-corrected chi connectivity index (χ0v) is 7.03. The van der Waals surface area contributed by atoms with Crippen molar-refractivity contribution in [3.05, 3.63) is 37.8 Å². The van der Waals surface area contributed by atoms with Gasteiger partial charge in [-0.05, 0) is 0 Å². The largest absolute Gasteiger partial charge is 0.327 e. The molecule has 1 heterocycles. The van der Waals surface area contributed by atoms with Gasteiger partial charge in [0.05, 0.1) is 4.92 Å². The minimum Gasteiger partial charge on any atom is -0.327 e. The predicted octanol–water partition coefficient (Wildman–Crippen LogP) is 1.09. The van der Waals surface area contributed by atoms with E-state index in [2.05, 4.69) is 0 Å². The Bertz CT molecular complexity index is 503. The highest BCUT2D eigenvalue weighted by Crippen LogP contribution is 2.27. The minimum atomic E-state index is -3.30. The molecule has 0 aromatic carbocycles. The first-order valence-electron chi connectivity index (χ1n) is 3.57. The van der Waals surface area contributed by atoms with Gasteiger partial charge in [0.15, 0.2) is 5.56 Å². The molecule has 8 heteroatoms. The third-order valence-electron chi connectivity index (χ3n) is 1.62. The molecule has 0 atom stereocenters. The van der Waals surface area contributed by atoms with Crippen molar-refractivity contribution in [3.8, 4) is 6.07 Å². The van der Waals surface area contributed by atoms with Crippen molar-refractivity contribution in [1.82, 2.24) is 4.98 Å². The Morgan fingerprint density at radius 1 is 1.60 bits per heavy atom. The van der Waals surface area contributed by atoms with Crippen LogP contribution in [0.4, 0.5) is 14.5 Å². The van der Waals surface area contributed by atoms with Crippen LogP contribution >= 0.6 is 0 Å². The van der Waals surface area contributed by atoms with Gasteiger partial charge in [0.25, 0.3) is 12.0 Å². The van der Waals surface area contributed by atoms with Gasteiger partial charge in [-0.3, -0.25) is 14.9 Å². The van der Waals surface area contributed by atoms with Gasteiger partial charge in [-0.25, -0.2) is 8.78 Å². The average Bonchev–Trinajstić information content (AvgIpc) is 2.16. The topological polar surface area (TPSA) is 99.8 Å². The van der Waals surface area contributed by atoms with Crippen LogP contribution in [0.15, 0.2) is 11.0 Å². The summed E-state index contributed by atoms with van der Waals surface area (Å²) in [6, 6.07) is 1.35. The zero-order valence-electron chi connectivity index (χ0n) is 7.03. The molecule has 0 aliphatic rings. The average molecular weight is 215 g/mol. The molecule has 0 radical (unpaired) electrons. The maximum atomic E-state index is 12.3. The number of nitrogens with one attached hydrogen (secondary N) is 1. The number of hydrogen-bond donors (Lipinski definition) is 1. The molecule has 78 valence electrons. The zero-order chi connectivity index (χ0) is 11.6. The van der Waals surface area contributed by atoms with Gasteiger partial charge in [-0.2, -0.15) is 5.26 Å². The molecule has 0 amide bonds. The summed E-state index contributed by atoms with van der Waals surface area (Å²) in [6.07, 6.45) is -2.57. The molecule has 6 nitrogen and oxygen atoms in total. The number of hydrogen-bond acceptors (Lipinski definition) is 4. The van der Waals surface area contributed by atoms with E-state index in [9.17, 15) is 23.7 Å². The number of alkyl halides is 2. The fourth-order valence-electron chi connectivity index (χ4n) is 1.02. The van der Waals surface area contributed by atoms with Crippen LogP contribution in [0, 0.1) is 21.4 Å². The summed E-state index contributed by atoms with van der Waals surface area (Å²) in [6.45, 7) is 0. The summed E-state index contributed by atoms with van der Waals surface area (Å²) in [5, 5.41) is 18.9. The highest BCUT2D eigenvalue weighted by atomic mass is 19.3. The molecular weight excluding hydrogens is 212 g/mol. The van der Waals surface area contributed by atoms with Gasteiger partial charge in [-0.1, -0.05) is 0 Å². The maximum absolute atomic E-state index is 12.3. The predicted molar refractivity (Wildman–Crippen MR) is 43.4 cm³/mol. The normalized spacial score (nSPS) is 10.0. The fraction of sp³-hybridized carbons (Fsp3) is 0.143. The number of aromatic amines is 1. The molecule has 1 aromatic heterocycles. The van der Waals surface area contributed by atoms with E-state index in [1.54, 1.807) is 0 Å². The second-order valence-corrected chi connectivity index (χ2v) is 2.46. The molecule has 1 N–H and O–H groups in total. The van der Waals surface area contributed by atoms with E-state index in [1.165, 1.54) is 6.07 Å². The summed E-state index contributed by atoms with van der Waals surface area (Å²) in [4.78, 5) is 22.0. The van der Waals surface area contributed by atoms with Crippen LogP contribution in [-0.2, 0) is 0 Å². The number of nitriles is 1. The van der Waals surface area contributed by atoms with E-state index in [-0.39, 0.29) is 0 Å². The third kappa shape index (κ3) is 1.80. The van der Waals surface area contributed by atoms with Crippen LogP contribution < -0.4 is 5.56 Å². The number of halogens is 2. The lowest BCUT2D eigenvalue weighted by molar-refractivity contribution is -0.386. The number of nitrogens with zero attached hydrogens (tertiary/aromatic N) is 2. The van der Waals surface area contributed by atoms with Crippen LogP contribution in [0.5, 0.6) is 0 Å². The number of pyridine rings is 1. The van der Waals surface area contributed by atoms with Crippen LogP contribution in [-0.4, -0.2) is 9.91 Å². The molecule has 0 saturated carbocycles. The van der Waals surface area contributed by atoms with Gasteiger partial charge in [-0.15, -0.1) is 0 Å².